The van der Waals surface area contributed by atoms with Crippen LogP contribution >= 0.6 is 34.5 Å². The number of benzene rings is 1. The van der Waals surface area contributed by atoms with Gasteiger partial charge in [0.15, 0.2) is 0 Å². The molecule has 0 saturated carbocycles. The number of halogens is 2. The van der Waals surface area contributed by atoms with Crippen molar-refractivity contribution in [3.63, 3.8) is 0 Å². The molecule has 1 amide bonds. The molecule has 2 aromatic rings. The second kappa shape index (κ2) is 6.99. The van der Waals surface area contributed by atoms with Gasteiger partial charge in [0.05, 0.1) is 15.7 Å². The first-order valence-corrected chi connectivity index (χ1v) is 8.95. The summed E-state index contributed by atoms with van der Waals surface area (Å²) in [7, 11) is 0. The number of hydrogen-bond donors (Lipinski definition) is 0. The topological polar surface area (TPSA) is 45.6 Å². The van der Waals surface area contributed by atoms with E-state index in [9.17, 15) is 4.79 Å². The molecule has 120 valence electrons. The van der Waals surface area contributed by atoms with Crippen molar-refractivity contribution >= 4 is 51.4 Å². The molecule has 1 fully saturated rings. The van der Waals surface area contributed by atoms with Crippen LogP contribution in [0.3, 0.4) is 0 Å². The molecule has 1 saturated heterocycles. The Hall–Kier alpha value is -1.43. The van der Waals surface area contributed by atoms with Gasteiger partial charge in [-0.2, -0.15) is 0 Å². The van der Waals surface area contributed by atoms with E-state index in [-0.39, 0.29) is 5.91 Å². The van der Waals surface area contributed by atoms with Crippen LogP contribution < -0.4 is 0 Å². The van der Waals surface area contributed by atoms with Crippen LogP contribution in [-0.4, -0.2) is 28.2 Å². The van der Waals surface area contributed by atoms with Crippen LogP contribution in [0.5, 0.6) is 0 Å². The molecule has 1 aliphatic rings. The number of aromatic nitrogens is 1. The van der Waals surface area contributed by atoms with Crippen LogP contribution in [0.2, 0.25) is 10.0 Å². The lowest BCUT2D eigenvalue weighted by Gasteiger charge is -2.26. The molecule has 1 aliphatic heterocycles. The van der Waals surface area contributed by atoms with E-state index in [2.05, 4.69) is 9.98 Å². The van der Waals surface area contributed by atoms with Crippen LogP contribution in [0.25, 0.3) is 11.3 Å². The molecule has 0 N–H and O–H groups in total. The highest BCUT2D eigenvalue weighted by Gasteiger charge is 2.20. The number of carbonyl (C=O) groups is 1. The average Bonchev–Trinajstić information content (AvgIpc) is 2.98. The summed E-state index contributed by atoms with van der Waals surface area (Å²) in [5.74, 6) is 0.819. The number of nitrogens with zero attached hydrogens (tertiary/aromatic N) is 3. The standard InChI is InChI=1S/C16H15Cl2N3OS/c1-10(22)21-8-3-2-7-14(21)20-16-19-13(9-23-16)11-5-4-6-12(17)15(11)18/h4-6,9H,2-3,7-8H2,1H3. The van der Waals surface area contributed by atoms with Gasteiger partial charge in [-0.15, -0.1) is 11.3 Å². The molecule has 1 aromatic heterocycles. The van der Waals surface area contributed by atoms with Crippen LogP contribution in [0.1, 0.15) is 26.2 Å². The lowest BCUT2D eigenvalue weighted by molar-refractivity contribution is -0.125. The van der Waals surface area contributed by atoms with Gasteiger partial charge in [-0.25, -0.2) is 9.98 Å². The maximum absolute atomic E-state index is 11.7. The van der Waals surface area contributed by atoms with Crippen molar-refractivity contribution in [1.82, 2.24) is 9.88 Å². The maximum Gasteiger partial charge on any atom is 0.224 e. The normalized spacial score (nSPS) is 16.8. The van der Waals surface area contributed by atoms with E-state index in [0.717, 1.165) is 42.9 Å². The third-order valence-corrected chi connectivity index (χ3v) is 5.22. The van der Waals surface area contributed by atoms with Crippen LogP contribution in [0.4, 0.5) is 5.13 Å². The third kappa shape index (κ3) is 3.57. The molecule has 0 atom stereocenters. The van der Waals surface area contributed by atoms with Crippen LogP contribution in [0, 0.1) is 0 Å². The predicted molar refractivity (Wildman–Crippen MR) is 95.9 cm³/mol. The van der Waals surface area contributed by atoms with E-state index in [1.807, 2.05) is 17.5 Å². The fourth-order valence-electron chi connectivity index (χ4n) is 2.52. The van der Waals surface area contributed by atoms with E-state index < -0.39 is 0 Å². The quantitative estimate of drug-likeness (QED) is 0.733. The molecule has 0 aliphatic carbocycles. The predicted octanol–water partition coefficient (Wildman–Crippen LogP) is 5.18. The molecule has 4 nitrogen and oxygen atoms in total. The zero-order valence-corrected chi connectivity index (χ0v) is 14.9. The second-order valence-electron chi connectivity index (χ2n) is 5.27. The van der Waals surface area contributed by atoms with E-state index in [1.54, 1.807) is 17.9 Å². The highest BCUT2D eigenvalue weighted by atomic mass is 35.5. The van der Waals surface area contributed by atoms with Crippen molar-refractivity contribution in [3.05, 3.63) is 33.6 Å². The van der Waals surface area contributed by atoms with Gasteiger partial charge < -0.3 is 4.90 Å². The van der Waals surface area contributed by atoms with Gasteiger partial charge in [-0.05, 0) is 18.9 Å². The van der Waals surface area contributed by atoms with Gasteiger partial charge in [-0.3, -0.25) is 4.79 Å². The molecule has 0 spiro atoms. The van der Waals surface area contributed by atoms with Gasteiger partial charge in [0.2, 0.25) is 11.0 Å². The number of aliphatic imine (C=N–C) groups is 1. The van der Waals surface area contributed by atoms with Crippen molar-refractivity contribution in [2.45, 2.75) is 26.2 Å². The minimum absolute atomic E-state index is 0.0260. The number of amidine groups is 1. The highest BCUT2D eigenvalue weighted by Crippen LogP contribution is 2.35. The number of rotatable bonds is 2. The Labute approximate surface area is 148 Å². The molecule has 1 aromatic carbocycles. The minimum Gasteiger partial charge on any atom is -0.300 e. The number of piperidine rings is 1. The fourth-order valence-corrected chi connectivity index (χ4v) is 3.63. The molecule has 7 heteroatoms. The fraction of sp³-hybridized carbons (Fsp3) is 0.312. The summed E-state index contributed by atoms with van der Waals surface area (Å²) in [6, 6.07) is 5.46. The van der Waals surface area contributed by atoms with E-state index in [4.69, 9.17) is 23.2 Å². The van der Waals surface area contributed by atoms with Crippen molar-refractivity contribution in [2.75, 3.05) is 6.54 Å². The Morgan fingerprint density at radius 3 is 2.96 bits per heavy atom. The number of thiazole rings is 1. The van der Waals surface area contributed by atoms with Gasteiger partial charge in [0, 0.05) is 30.8 Å². The van der Waals surface area contributed by atoms with Gasteiger partial charge in [0.1, 0.15) is 5.84 Å². The maximum atomic E-state index is 11.7. The average molecular weight is 368 g/mol. The lowest BCUT2D eigenvalue weighted by Crippen LogP contribution is -2.38. The summed E-state index contributed by atoms with van der Waals surface area (Å²) in [5.41, 5.74) is 1.53. The number of amides is 1. The zero-order valence-electron chi connectivity index (χ0n) is 12.6. The molecule has 2 heterocycles. The molecule has 23 heavy (non-hydrogen) atoms. The Morgan fingerprint density at radius 1 is 1.35 bits per heavy atom. The summed E-state index contributed by atoms with van der Waals surface area (Å²) in [5, 5.41) is 3.51. The smallest absolute Gasteiger partial charge is 0.224 e. The first-order valence-electron chi connectivity index (χ1n) is 7.32. The van der Waals surface area contributed by atoms with E-state index in [0.29, 0.717) is 15.2 Å². The van der Waals surface area contributed by atoms with E-state index in [1.165, 1.54) is 11.3 Å². The van der Waals surface area contributed by atoms with Gasteiger partial charge in [0.25, 0.3) is 0 Å². The minimum atomic E-state index is 0.0260. The summed E-state index contributed by atoms with van der Waals surface area (Å²) < 4.78 is 0. The molecular formula is C16H15Cl2N3OS. The van der Waals surface area contributed by atoms with Crippen molar-refractivity contribution in [2.24, 2.45) is 4.99 Å². The summed E-state index contributed by atoms with van der Waals surface area (Å²) in [6.45, 7) is 2.30. The van der Waals surface area contributed by atoms with Gasteiger partial charge in [-0.1, -0.05) is 35.3 Å². The number of likely N-dealkylation sites (tertiary alicyclic amines) is 1. The first kappa shape index (κ1) is 16.4. The molecule has 0 bridgehead atoms. The van der Waals surface area contributed by atoms with Gasteiger partial charge >= 0.3 is 0 Å². The van der Waals surface area contributed by atoms with Crippen LogP contribution in [0.15, 0.2) is 28.6 Å². The molecule has 0 radical (unpaired) electrons. The molecule has 0 unspecified atom stereocenters. The van der Waals surface area contributed by atoms with E-state index >= 15 is 0 Å². The number of carbonyl (C=O) groups excluding carboxylic acids is 1. The van der Waals surface area contributed by atoms with Crippen LogP contribution in [-0.2, 0) is 4.79 Å². The lowest BCUT2D eigenvalue weighted by atomic mass is 10.1. The summed E-state index contributed by atoms with van der Waals surface area (Å²) in [4.78, 5) is 22.5. The largest absolute Gasteiger partial charge is 0.300 e. The summed E-state index contributed by atoms with van der Waals surface area (Å²) >= 11 is 13.7. The zero-order chi connectivity index (χ0) is 16.4. The van der Waals surface area contributed by atoms with Crippen molar-refractivity contribution < 1.29 is 4.79 Å². The second-order valence-corrected chi connectivity index (χ2v) is 6.89. The summed E-state index contributed by atoms with van der Waals surface area (Å²) in [6.07, 6.45) is 2.85. The Balaban J connectivity index is 1.91. The monoisotopic (exact) mass is 367 g/mol. The Morgan fingerprint density at radius 2 is 2.17 bits per heavy atom. The number of hydrogen-bond acceptors (Lipinski definition) is 4. The van der Waals surface area contributed by atoms with Crippen molar-refractivity contribution in [3.8, 4) is 11.3 Å². The molecular weight excluding hydrogens is 353 g/mol. The van der Waals surface area contributed by atoms with Crippen molar-refractivity contribution in [1.29, 1.82) is 0 Å². The Kier molecular flexibility index (Phi) is 4.99. The highest BCUT2D eigenvalue weighted by molar-refractivity contribution is 7.13. The molecule has 3 rings (SSSR count). The SMILES string of the molecule is CC(=O)N1CCCCC1=Nc1nc(-c2cccc(Cl)c2Cl)cs1. The third-order valence-electron chi connectivity index (χ3n) is 3.67. The Bertz CT molecular complexity index is 772. The first-order chi connectivity index (χ1) is 11.1.